The van der Waals surface area contributed by atoms with Crippen LogP contribution in [0.2, 0.25) is 0 Å². The Kier molecular flexibility index (Phi) is 2.00. The minimum atomic E-state index is -0.297. The normalized spacial score (nSPS) is 17.3. The van der Waals surface area contributed by atoms with Gasteiger partial charge < -0.3 is 5.73 Å². The molecule has 82 valence electrons. The van der Waals surface area contributed by atoms with Crippen molar-refractivity contribution in [2.45, 2.75) is 24.9 Å². The van der Waals surface area contributed by atoms with Gasteiger partial charge in [0.1, 0.15) is 0 Å². The van der Waals surface area contributed by atoms with Gasteiger partial charge in [0.15, 0.2) is 5.82 Å². The molecule has 5 nitrogen and oxygen atoms in total. The number of benzene rings is 1. The Morgan fingerprint density at radius 3 is 2.69 bits per heavy atom. The van der Waals surface area contributed by atoms with Crippen molar-refractivity contribution in [1.82, 2.24) is 20.2 Å². The van der Waals surface area contributed by atoms with Crippen LogP contribution >= 0.6 is 0 Å². The van der Waals surface area contributed by atoms with Crippen molar-refractivity contribution in [2.24, 2.45) is 5.73 Å². The average molecular weight is 215 g/mol. The smallest absolute Gasteiger partial charge is 0.194 e. The highest BCUT2D eigenvalue weighted by molar-refractivity contribution is 5.15. The summed E-state index contributed by atoms with van der Waals surface area (Å²) in [5, 5.41) is 12.3. The molecule has 0 spiro atoms. The van der Waals surface area contributed by atoms with E-state index in [2.05, 4.69) is 15.4 Å². The fraction of sp³-hybridized carbons (Fsp3) is 0.364. The topological polar surface area (TPSA) is 69.6 Å². The Bertz CT molecular complexity index is 486. The second kappa shape index (κ2) is 3.38. The van der Waals surface area contributed by atoms with Crippen molar-refractivity contribution >= 4 is 0 Å². The van der Waals surface area contributed by atoms with E-state index in [-0.39, 0.29) is 5.54 Å². The van der Waals surface area contributed by atoms with Crippen molar-refractivity contribution in [1.29, 1.82) is 0 Å². The summed E-state index contributed by atoms with van der Waals surface area (Å²) >= 11 is 0. The van der Waals surface area contributed by atoms with Crippen LogP contribution < -0.4 is 5.73 Å². The van der Waals surface area contributed by atoms with E-state index in [4.69, 9.17) is 5.73 Å². The molecule has 0 radical (unpaired) electrons. The van der Waals surface area contributed by atoms with Gasteiger partial charge in [0.2, 0.25) is 0 Å². The molecule has 0 amide bonds. The monoisotopic (exact) mass is 215 g/mol. The predicted octanol–water partition coefficient (Wildman–Crippen LogP) is 0.669. The summed E-state index contributed by atoms with van der Waals surface area (Å²) in [7, 11) is 0. The molecule has 1 heterocycles. The van der Waals surface area contributed by atoms with Crippen molar-refractivity contribution in [3.63, 3.8) is 0 Å². The summed E-state index contributed by atoms with van der Waals surface area (Å²) in [6.45, 7) is 0.643. The Morgan fingerprint density at radius 2 is 2.00 bits per heavy atom. The van der Waals surface area contributed by atoms with E-state index in [0.717, 1.165) is 18.4 Å². The summed E-state index contributed by atoms with van der Waals surface area (Å²) in [5.41, 5.74) is 6.86. The van der Waals surface area contributed by atoms with E-state index in [1.54, 1.807) is 4.80 Å². The SMILES string of the molecule is NC1(c2nnn(Cc3ccccc3)n2)CC1. The molecule has 1 saturated carbocycles. The van der Waals surface area contributed by atoms with Gasteiger partial charge in [-0.1, -0.05) is 30.3 Å². The summed E-state index contributed by atoms with van der Waals surface area (Å²) < 4.78 is 0. The van der Waals surface area contributed by atoms with Gasteiger partial charge in [0.25, 0.3) is 0 Å². The Hall–Kier alpha value is -1.75. The summed E-state index contributed by atoms with van der Waals surface area (Å²) in [6, 6.07) is 10.1. The summed E-state index contributed by atoms with van der Waals surface area (Å²) in [5.74, 6) is 0.670. The molecule has 2 N–H and O–H groups in total. The number of aromatic nitrogens is 4. The third-order valence-electron chi connectivity index (χ3n) is 2.85. The first-order chi connectivity index (χ1) is 7.76. The number of tetrazole rings is 1. The van der Waals surface area contributed by atoms with E-state index in [1.807, 2.05) is 30.3 Å². The first-order valence-electron chi connectivity index (χ1n) is 5.37. The zero-order valence-corrected chi connectivity index (χ0v) is 8.87. The molecule has 1 aromatic carbocycles. The molecule has 0 aliphatic heterocycles. The molecule has 0 bridgehead atoms. The molecule has 0 saturated heterocycles. The van der Waals surface area contributed by atoms with Crippen LogP contribution in [0, 0.1) is 0 Å². The average Bonchev–Trinajstić information content (AvgIpc) is 2.88. The minimum Gasteiger partial charge on any atom is -0.319 e. The number of rotatable bonds is 3. The number of hydrogen-bond acceptors (Lipinski definition) is 4. The Balaban J connectivity index is 1.78. The number of hydrogen-bond donors (Lipinski definition) is 1. The van der Waals surface area contributed by atoms with Crippen LogP contribution in [0.5, 0.6) is 0 Å². The zero-order valence-electron chi connectivity index (χ0n) is 8.87. The van der Waals surface area contributed by atoms with Crippen LogP contribution in [0.1, 0.15) is 24.2 Å². The minimum absolute atomic E-state index is 0.297. The largest absolute Gasteiger partial charge is 0.319 e. The van der Waals surface area contributed by atoms with Crippen LogP contribution in [-0.4, -0.2) is 20.2 Å². The third kappa shape index (κ3) is 1.69. The van der Waals surface area contributed by atoms with Crippen molar-refractivity contribution < 1.29 is 0 Å². The number of nitrogens with zero attached hydrogens (tertiary/aromatic N) is 4. The molecule has 0 unspecified atom stereocenters. The van der Waals surface area contributed by atoms with Crippen LogP contribution in [0.3, 0.4) is 0 Å². The summed E-state index contributed by atoms with van der Waals surface area (Å²) in [6.07, 6.45) is 1.92. The first kappa shape index (κ1) is 9.47. The molecule has 2 aromatic rings. The maximum atomic E-state index is 6.00. The third-order valence-corrected chi connectivity index (χ3v) is 2.85. The molecular formula is C11H13N5. The Labute approximate surface area is 93.3 Å². The lowest BCUT2D eigenvalue weighted by Gasteiger charge is -2.00. The van der Waals surface area contributed by atoms with Gasteiger partial charge in [-0.05, 0) is 23.6 Å². The molecule has 1 aliphatic carbocycles. The van der Waals surface area contributed by atoms with E-state index >= 15 is 0 Å². The van der Waals surface area contributed by atoms with Gasteiger partial charge in [-0.15, -0.1) is 10.2 Å². The highest BCUT2D eigenvalue weighted by Crippen LogP contribution is 2.40. The predicted molar refractivity (Wildman–Crippen MR) is 58.5 cm³/mol. The maximum absolute atomic E-state index is 6.00. The quantitative estimate of drug-likeness (QED) is 0.817. The van der Waals surface area contributed by atoms with Crippen LogP contribution in [0.4, 0.5) is 0 Å². The van der Waals surface area contributed by atoms with Crippen LogP contribution in [0.15, 0.2) is 30.3 Å². The van der Waals surface area contributed by atoms with Gasteiger partial charge >= 0.3 is 0 Å². The highest BCUT2D eigenvalue weighted by atomic mass is 15.6. The van der Waals surface area contributed by atoms with Gasteiger partial charge in [-0.2, -0.15) is 4.80 Å². The molecule has 1 fully saturated rings. The maximum Gasteiger partial charge on any atom is 0.194 e. The second-order valence-corrected chi connectivity index (χ2v) is 4.29. The van der Waals surface area contributed by atoms with Crippen LogP contribution in [0.25, 0.3) is 0 Å². The molecule has 1 aliphatic rings. The molecule has 1 aromatic heterocycles. The fourth-order valence-corrected chi connectivity index (χ4v) is 1.61. The lowest BCUT2D eigenvalue weighted by atomic mass is 10.2. The number of nitrogens with two attached hydrogens (primary N) is 1. The Morgan fingerprint density at radius 1 is 1.25 bits per heavy atom. The standard InChI is InChI=1S/C11H13N5/c12-11(6-7-11)10-13-15-16(14-10)8-9-4-2-1-3-5-9/h1-5H,6-8,12H2. The van der Waals surface area contributed by atoms with E-state index < -0.39 is 0 Å². The van der Waals surface area contributed by atoms with Crippen LogP contribution in [-0.2, 0) is 12.1 Å². The molecule has 16 heavy (non-hydrogen) atoms. The molecular weight excluding hydrogens is 202 g/mol. The summed E-state index contributed by atoms with van der Waals surface area (Å²) in [4.78, 5) is 1.59. The van der Waals surface area contributed by atoms with Crippen molar-refractivity contribution in [2.75, 3.05) is 0 Å². The van der Waals surface area contributed by atoms with Gasteiger partial charge in [-0.25, -0.2) is 0 Å². The molecule has 5 heteroatoms. The first-order valence-corrected chi connectivity index (χ1v) is 5.37. The van der Waals surface area contributed by atoms with Gasteiger partial charge in [0, 0.05) is 0 Å². The fourth-order valence-electron chi connectivity index (χ4n) is 1.61. The zero-order chi connectivity index (χ0) is 11.0. The van der Waals surface area contributed by atoms with Gasteiger partial charge in [0.05, 0.1) is 12.1 Å². The second-order valence-electron chi connectivity index (χ2n) is 4.29. The lowest BCUT2D eigenvalue weighted by Crippen LogP contribution is -2.21. The van der Waals surface area contributed by atoms with Crippen molar-refractivity contribution in [3.8, 4) is 0 Å². The highest BCUT2D eigenvalue weighted by Gasteiger charge is 2.44. The van der Waals surface area contributed by atoms with Crippen molar-refractivity contribution in [3.05, 3.63) is 41.7 Å². The van der Waals surface area contributed by atoms with Gasteiger partial charge in [-0.3, -0.25) is 0 Å². The van der Waals surface area contributed by atoms with E-state index in [0.29, 0.717) is 12.4 Å². The lowest BCUT2D eigenvalue weighted by molar-refractivity contribution is 0.564. The van der Waals surface area contributed by atoms with E-state index in [9.17, 15) is 0 Å². The molecule has 0 atom stereocenters. The molecule has 3 rings (SSSR count). The van der Waals surface area contributed by atoms with E-state index in [1.165, 1.54) is 0 Å².